The van der Waals surface area contributed by atoms with E-state index in [9.17, 15) is 8.42 Å². The predicted molar refractivity (Wildman–Crippen MR) is 67.4 cm³/mol. The zero-order chi connectivity index (χ0) is 12.6. The fourth-order valence-electron chi connectivity index (χ4n) is 1.71. The topological polar surface area (TPSA) is 71.1 Å². The Kier molecular flexibility index (Phi) is 3.09. The van der Waals surface area contributed by atoms with Crippen molar-refractivity contribution in [3.63, 3.8) is 0 Å². The normalized spacial score (nSPS) is 20.0. The minimum absolute atomic E-state index is 0.115. The van der Waals surface area contributed by atoms with Gasteiger partial charge in [0.15, 0.2) is 5.03 Å². The van der Waals surface area contributed by atoms with Crippen molar-refractivity contribution in [2.45, 2.75) is 49.3 Å². The van der Waals surface area contributed by atoms with Crippen LogP contribution in [0.25, 0.3) is 0 Å². The largest absolute Gasteiger partial charge is 0.310 e. The number of nitrogens with one attached hydrogen (secondary N) is 2. The third-order valence-corrected chi connectivity index (χ3v) is 4.58. The Balaban J connectivity index is 1.65. The summed E-state index contributed by atoms with van der Waals surface area (Å²) in [6.07, 6.45) is 5.98. The standard InChI is InChI=1S/C12H17N3O2S/c16-18(17,15-11-4-5-11)12-6-1-9(8-14-12)7-13-10-2-3-10/h1,6,8,10-11,13,15H,2-5,7H2. The first kappa shape index (κ1) is 12.1. The number of nitrogens with zero attached hydrogens (tertiary/aromatic N) is 1. The molecule has 1 aromatic heterocycles. The first-order valence-electron chi connectivity index (χ1n) is 6.34. The van der Waals surface area contributed by atoms with Crippen molar-refractivity contribution in [3.05, 3.63) is 23.9 Å². The van der Waals surface area contributed by atoms with E-state index in [1.54, 1.807) is 12.3 Å². The van der Waals surface area contributed by atoms with E-state index in [2.05, 4.69) is 15.0 Å². The molecule has 0 spiro atoms. The molecule has 1 aromatic rings. The van der Waals surface area contributed by atoms with E-state index in [4.69, 9.17) is 0 Å². The van der Waals surface area contributed by atoms with Crippen LogP contribution in [-0.2, 0) is 16.6 Å². The molecular formula is C12H17N3O2S. The molecule has 3 rings (SSSR count). The third kappa shape index (κ3) is 3.07. The lowest BCUT2D eigenvalue weighted by atomic mass is 10.3. The molecule has 2 N–H and O–H groups in total. The van der Waals surface area contributed by atoms with Crippen molar-refractivity contribution < 1.29 is 8.42 Å². The van der Waals surface area contributed by atoms with Gasteiger partial charge in [0.05, 0.1) is 0 Å². The summed E-state index contributed by atoms with van der Waals surface area (Å²) in [5.41, 5.74) is 1.02. The minimum Gasteiger partial charge on any atom is -0.310 e. The van der Waals surface area contributed by atoms with Crippen LogP contribution in [0.1, 0.15) is 31.2 Å². The number of sulfonamides is 1. The molecule has 0 saturated heterocycles. The van der Waals surface area contributed by atoms with E-state index in [0.29, 0.717) is 6.04 Å². The molecular weight excluding hydrogens is 250 g/mol. The van der Waals surface area contributed by atoms with Crippen LogP contribution in [0.3, 0.4) is 0 Å². The van der Waals surface area contributed by atoms with Gasteiger partial charge in [-0.25, -0.2) is 18.1 Å². The van der Waals surface area contributed by atoms with Crippen LogP contribution < -0.4 is 10.0 Å². The second-order valence-electron chi connectivity index (χ2n) is 5.06. The Hall–Kier alpha value is -0.980. The summed E-state index contributed by atoms with van der Waals surface area (Å²) in [6, 6.07) is 4.16. The van der Waals surface area contributed by atoms with Gasteiger partial charge in [0.2, 0.25) is 0 Å². The number of aromatic nitrogens is 1. The monoisotopic (exact) mass is 267 g/mol. The molecule has 0 bridgehead atoms. The molecule has 1 heterocycles. The first-order valence-corrected chi connectivity index (χ1v) is 7.82. The molecule has 98 valence electrons. The fourth-order valence-corrected chi connectivity index (χ4v) is 2.94. The number of hydrogen-bond acceptors (Lipinski definition) is 4. The molecule has 0 amide bonds. The van der Waals surface area contributed by atoms with Gasteiger partial charge in [-0.1, -0.05) is 6.07 Å². The van der Waals surface area contributed by atoms with E-state index in [1.807, 2.05) is 6.07 Å². The molecule has 0 atom stereocenters. The summed E-state index contributed by atoms with van der Waals surface area (Å²) in [7, 11) is -3.41. The Morgan fingerprint density at radius 3 is 2.44 bits per heavy atom. The van der Waals surface area contributed by atoms with Crippen molar-refractivity contribution in [2.24, 2.45) is 0 Å². The lowest BCUT2D eigenvalue weighted by Gasteiger charge is -2.06. The summed E-state index contributed by atoms with van der Waals surface area (Å²) in [5.74, 6) is 0. The number of hydrogen-bond donors (Lipinski definition) is 2. The average molecular weight is 267 g/mol. The Morgan fingerprint density at radius 2 is 1.89 bits per heavy atom. The van der Waals surface area contributed by atoms with Crippen LogP contribution in [-0.4, -0.2) is 25.5 Å². The summed E-state index contributed by atoms with van der Waals surface area (Å²) >= 11 is 0. The Bertz CT molecular complexity index is 519. The Morgan fingerprint density at radius 1 is 1.17 bits per heavy atom. The van der Waals surface area contributed by atoms with Gasteiger partial charge in [-0.2, -0.15) is 0 Å². The smallest absolute Gasteiger partial charge is 0.258 e. The van der Waals surface area contributed by atoms with Gasteiger partial charge in [0.1, 0.15) is 0 Å². The lowest BCUT2D eigenvalue weighted by Crippen LogP contribution is -2.26. The first-order chi connectivity index (χ1) is 8.63. The Labute approximate surface area is 107 Å². The van der Waals surface area contributed by atoms with Crippen LogP contribution in [0.15, 0.2) is 23.4 Å². The highest BCUT2D eigenvalue weighted by Gasteiger charge is 2.28. The van der Waals surface area contributed by atoms with E-state index in [0.717, 1.165) is 24.9 Å². The molecule has 2 aliphatic carbocycles. The maximum Gasteiger partial charge on any atom is 0.258 e. The number of pyridine rings is 1. The second-order valence-corrected chi connectivity index (χ2v) is 6.72. The van der Waals surface area contributed by atoms with Crippen molar-refractivity contribution in [1.82, 2.24) is 15.0 Å². The fraction of sp³-hybridized carbons (Fsp3) is 0.583. The molecule has 6 heteroatoms. The minimum atomic E-state index is -3.41. The maximum absolute atomic E-state index is 11.9. The van der Waals surface area contributed by atoms with E-state index < -0.39 is 10.0 Å². The molecule has 0 radical (unpaired) electrons. The molecule has 2 fully saturated rings. The van der Waals surface area contributed by atoms with Crippen LogP contribution in [0.4, 0.5) is 0 Å². The molecule has 0 aromatic carbocycles. The van der Waals surface area contributed by atoms with Crippen LogP contribution in [0.5, 0.6) is 0 Å². The van der Waals surface area contributed by atoms with Crippen LogP contribution in [0.2, 0.25) is 0 Å². The van der Waals surface area contributed by atoms with E-state index >= 15 is 0 Å². The van der Waals surface area contributed by atoms with E-state index in [1.165, 1.54) is 12.8 Å². The van der Waals surface area contributed by atoms with Crippen LogP contribution in [0, 0.1) is 0 Å². The highest BCUT2D eigenvalue weighted by Crippen LogP contribution is 2.22. The second kappa shape index (κ2) is 4.60. The van der Waals surface area contributed by atoms with Gasteiger partial charge in [0, 0.05) is 24.8 Å². The zero-order valence-electron chi connectivity index (χ0n) is 10.1. The predicted octanol–water partition coefficient (Wildman–Crippen LogP) is 0.774. The quantitative estimate of drug-likeness (QED) is 0.799. The molecule has 2 saturated carbocycles. The summed E-state index contributed by atoms with van der Waals surface area (Å²) < 4.78 is 26.4. The van der Waals surface area contributed by atoms with Gasteiger partial charge in [-0.05, 0) is 37.3 Å². The van der Waals surface area contributed by atoms with Crippen molar-refractivity contribution in [1.29, 1.82) is 0 Å². The maximum atomic E-state index is 11.9. The van der Waals surface area contributed by atoms with Crippen molar-refractivity contribution >= 4 is 10.0 Å². The summed E-state index contributed by atoms with van der Waals surface area (Å²) in [4.78, 5) is 4.04. The van der Waals surface area contributed by atoms with Crippen molar-refractivity contribution in [2.75, 3.05) is 0 Å². The van der Waals surface area contributed by atoms with Crippen molar-refractivity contribution in [3.8, 4) is 0 Å². The molecule has 2 aliphatic rings. The highest BCUT2D eigenvalue weighted by molar-refractivity contribution is 7.89. The lowest BCUT2D eigenvalue weighted by molar-refractivity contribution is 0.577. The van der Waals surface area contributed by atoms with Gasteiger partial charge in [-0.3, -0.25) is 0 Å². The summed E-state index contributed by atoms with van der Waals surface area (Å²) in [6.45, 7) is 0.758. The van der Waals surface area contributed by atoms with Gasteiger partial charge >= 0.3 is 0 Å². The average Bonchev–Trinajstić information content (AvgIpc) is 3.21. The van der Waals surface area contributed by atoms with Gasteiger partial charge in [-0.15, -0.1) is 0 Å². The van der Waals surface area contributed by atoms with Crippen LogP contribution >= 0.6 is 0 Å². The van der Waals surface area contributed by atoms with E-state index in [-0.39, 0.29) is 11.1 Å². The molecule has 0 aliphatic heterocycles. The summed E-state index contributed by atoms with van der Waals surface area (Å²) in [5, 5.41) is 3.48. The molecule has 18 heavy (non-hydrogen) atoms. The van der Waals surface area contributed by atoms with Gasteiger partial charge < -0.3 is 5.32 Å². The van der Waals surface area contributed by atoms with Gasteiger partial charge in [0.25, 0.3) is 10.0 Å². The molecule has 0 unspecified atom stereocenters. The number of rotatable bonds is 6. The SMILES string of the molecule is O=S(=O)(NC1CC1)c1ccc(CNC2CC2)cn1. The molecule has 5 nitrogen and oxygen atoms in total. The third-order valence-electron chi connectivity index (χ3n) is 3.14. The zero-order valence-corrected chi connectivity index (χ0v) is 10.9. The highest BCUT2D eigenvalue weighted by atomic mass is 32.2.